The zero-order valence-electron chi connectivity index (χ0n) is 8.98. The average molecular weight is 221 g/mol. The normalized spacial score (nSPS) is 19.6. The molecule has 0 aliphatic carbocycles. The second kappa shape index (κ2) is 4.94. The third kappa shape index (κ3) is 2.49. The van der Waals surface area contributed by atoms with Gasteiger partial charge in [0.05, 0.1) is 23.6 Å². The number of hydrogen-bond donors (Lipinski definition) is 2. The Hall–Kier alpha value is -1.62. The number of hydrogen-bond acceptors (Lipinski definition) is 4. The number of amides is 1. The first-order valence-electron chi connectivity index (χ1n) is 5.36. The van der Waals surface area contributed by atoms with E-state index < -0.39 is 0 Å². The highest BCUT2D eigenvalue weighted by Gasteiger charge is 2.17. The summed E-state index contributed by atoms with van der Waals surface area (Å²) in [4.78, 5) is 15.6. The van der Waals surface area contributed by atoms with E-state index in [-0.39, 0.29) is 12.0 Å². The SMILES string of the molecule is Nc1cnccc1C(=O)NCC1CCCO1. The van der Waals surface area contributed by atoms with Gasteiger partial charge in [-0.2, -0.15) is 0 Å². The van der Waals surface area contributed by atoms with Gasteiger partial charge in [0.25, 0.3) is 5.91 Å². The number of nitrogens with two attached hydrogens (primary N) is 1. The highest BCUT2D eigenvalue weighted by Crippen LogP contribution is 2.12. The summed E-state index contributed by atoms with van der Waals surface area (Å²) in [5, 5.41) is 2.81. The standard InChI is InChI=1S/C11H15N3O2/c12-10-7-13-4-3-9(10)11(15)14-6-8-2-1-5-16-8/h3-4,7-8H,1-2,5-6,12H2,(H,14,15). The van der Waals surface area contributed by atoms with Crippen molar-refractivity contribution in [1.29, 1.82) is 0 Å². The van der Waals surface area contributed by atoms with E-state index in [1.54, 1.807) is 12.3 Å². The molecule has 1 saturated heterocycles. The number of pyridine rings is 1. The highest BCUT2D eigenvalue weighted by molar-refractivity contribution is 5.98. The van der Waals surface area contributed by atoms with Gasteiger partial charge in [-0.25, -0.2) is 0 Å². The van der Waals surface area contributed by atoms with E-state index >= 15 is 0 Å². The third-order valence-electron chi connectivity index (χ3n) is 2.61. The van der Waals surface area contributed by atoms with Crippen molar-refractivity contribution in [3.63, 3.8) is 0 Å². The first-order chi connectivity index (χ1) is 7.77. The minimum atomic E-state index is -0.171. The molecule has 0 bridgehead atoms. The molecule has 1 aromatic rings. The molecule has 1 atom stereocenters. The third-order valence-corrected chi connectivity index (χ3v) is 2.61. The molecule has 3 N–H and O–H groups in total. The minimum absolute atomic E-state index is 0.145. The fourth-order valence-electron chi connectivity index (χ4n) is 1.72. The first kappa shape index (κ1) is 10.9. The van der Waals surface area contributed by atoms with Crippen molar-refractivity contribution in [3.05, 3.63) is 24.0 Å². The Kier molecular flexibility index (Phi) is 3.36. The number of nitrogen functional groups attached to an aromatic ring is 1. The van der Waals surface area contributed by atoms with Crippen LogP contribution in [-0.4, -0.2) is 30.1 Å². The van der Waals surface area contributed by atoms with Gasteiger partial charge in [-0.3, -0.25) is 9.78 Å². The van der Waals surface area contributed by atoms with Gasteiger partial charge < -0.3 is 15.8 Å². The van der Waals surface area contributed by atoms with Gasteiger partial charge in [-0.05, 0) is 18.9 Å². The largest absolute Gasteiger partial charge is 0.397 e. The number of ether oxygens (including phenoxy) is 1. The molecule has 1 aliphatic rings. The maximum atomic E-state index is 11.7. The van der Waals surface area contributed by atoms with Crippen LogP contribution in [0.5, 0.6) is 0 Å². The number of anilines is 1. The van der Waals surface area contributed by atoms with Crippen LogP contribution in [0.15, 0.2) is 18.5 Å². The molecule has 1 fully saturated rings. The van der Waals surface area contributed by atoms with Crippen LogP contribution in [0.1, 0.15) is 23.2 Å². The summed E-state index contributed by atoms with van der Waals surface area (Å²) in [6, 6.07) is 1.61. The van der Waals surface area contributed by atoms with Gasteiger partial charge in [0.2, 0.25) is 0 Å². The van der Waals surface area contributed by atoms with Crippen LogP contribution in [0.25, 0.3) is 0 Å². The lowest BCUT2D eigenvalue weighted by molar-refractivity contribution is 0.0858. The molecule has 0 saturated carbocycles. The van der Waals surface area contributed by atoms with Crippen LogP contribution >= 0.6 is 0 Å². The second-order valence-electron chi connectivity index (χ2n) is 3.81. The Bertz CT molecular complexity index is 375. The number of carbonyl (C=O) groups excluding carboxylic acids is 1. The van der Waals surface area contributed by atoms with E-state index in [0.29, 0.717) is 17.8 Å². The van der Waals surface area contributed by atoms with Crippen molar-refractivity contribution in [1.82, 2.24) is 10.3 Å². The van der Waals surface area contributed by atoms with Gasteiger partial charge in [-0.15, -0.1) is 0 Å². The Morgan fingerprint density at radius 2 is 2.56 bits per heavy atom. The number of nitrogens with one attached hydrogen (secondary N) is 1. The smallest absolute Gasteiger partial charge is 0.253 e. The van der Waals surface area contributed by atoms with Gasteiger partial charge in [0, 0.05) is 19.3 Å². The molecule has 1 aliphatic heterocycles. The van der Waals surface area contributed by atoms with E-state index in [2.05, 4.69) is 10.3 Å². The summed E-state index contributed by atoms with van der Waals surface area (Å²) in [6.07, 6.45) is 5.24. The summed E-state index contributed by atoms with van der Waals surface area (Å²) < 4.78 is 5.41. The van der Waals surface area contributed by atoms with Crippen LogP contribution < -0.4 is 11.1 Å². The van der Waals surface area contributed by atoms with E-state index in [1.807, 2.05) is 0 Å². The van der Waals surface area contributed by atoms with Crippen molar-refractivity contribution >= 4 is 11.6 Å². The van der Waals surface area contributed by atoms with Gasteiger partial charge in [0.15, 0.2) is 0 Å². The number of rotatable bonds is 3. The summed E-state index contributed by atoms with van der Waals surface area (Å²) in [5.41, 5.74) is 6.51. The summed E-state index contributed by atoms with van der Waals surface area (Å²) in [6.45, 7) is 1.33. The van der Waals surface area contributed by atoms with Gasteiger partial charge >= 0.3 is 0 Å². The molecular formula is C11H15N3O2. The van der Waals surface area contributed by atoms with Gasteiger partial charge in [0.1, 0.15) is 0 Å². The highest BCUT2D eigenvalue weighted by atomic mass is 16.5. The van der Waals surface area contributed by atoms with Crippen LogP contribution in [0, 0.1) is 0 Å². The second-order valence-corrected chi connectivity index (χ2v) is 3.81. The Morgan fingerprint density at radius 1 is 1.69 bits per heavy atom. The summed E-state index contributed by atoms with van der Waals surface area (Å²) in [5.74, 6) is -0.171. The van der Waals surface area contributed by atoms with Crippen molar-refractivity contribution < 1.29 is 9.53 Å². The topological polar surface area (TPSA) is 77.2 Å². The lowest BCUT2D eigenvalue weighted by Crippen LogP contribution is -2.32. The fraction of sp³-hybridized carbons (Fsp3) is 0.455. The van der Waals surface area contributed by atoms with Crippen molar-refractivity contribution in [3.8, 4) is 0 Å². The van der Waals surface area contributed by atoms with Crippen molar-refractivity contribution in [2.24, 2.45) is 0 Å². The predicted octanol–water partition coefficient (Wildman–Crippen LogP) is 0.573. The summed E-state index contributed by atoms with van der Waals surface area (Å²) >= 11 is 0. The van der Waals surface area contributed by atoms with Gasteiger partial charge in [-0.1, -0.05) is 0 Å². The van der Waals surface area contributed by atoms with E-state index in [1.165, 1.54) is 6.20 Å². The molecule has 1 aromatic heterocycles. The molecule has 1 unspecified atom stereocenters. The maximum absolute atomic E-state index is 11.7. The molecule has 0 spiro atoms. The van der Waals surface area contributed by atoms with Crippen molar-refractivity contribution in [2.75, 3.05) is 18.9 Å². The molecular weight excluding hydrogens is 206 g/mol. The molecule has 86 valence electrons. The quantitative estimate of drug-likeness (QED) is 0.782. The molecule has 0 radical (unpaired) electrons. The maximum Gasteiger partial charge on any atom is 0.253 e. The molecule has 1 amide bonds. The molecule has 2 heterocycles. The van der Waals surface area contributed by atoms with Crippen molar-refractivity contribution in [2.45, 2.75) is 18.9 Å². The molecule has 16 heavy (non-hydrogen) atoms. The number of aromatic nitrogens is 1. The van der Waals surface area contributed by atoms with Crippen LogP contribution in [-0.2, 0) is 4.74 Å². The lowest BCUT2D eigenvalue weighted by atomic mass is 10.2. The van der Waals surface area contributed by atoms with Crippen LogP contribution in [0.3, 0.4) is 0 Å². The van der Waals surface area contributed by atoms with E-state index in [4.69, 9.17) is 10.5 Å². The average Bonchev–Trinajstić information content (AvgIpc) is 2.79. The number of carbonyl (C=O) groups is 1. The molecule has 5 nitrogen and oxygen atoms in total. The zero-order valence-corrected chi connectivity index (χ0v) is 8.98. The molecule has 5 heteroatoms. The minimum Gasteiger partial charge on any atom is -0.397 e. The molecule has 0 aromatic carbocycles. The fourth-order valence-corrected chi connectivity index (χ4v) is 1.72. The predicted molar refractivity (Wildman–Crippen MR) is 60.0 cm³/mol. The monoisotopic (exact) mass is 221 g/mol. The molecule has 2 rings (SSSR count). The Morgan fingerprint density at radius 3 is 3.25 bits per heavy atom. The van der Waals surface area contributed by atoms with Crippen LogP contribution in [0.4, 0.5) is 5.69 Å². The zero-order chi connectivity index (χ0) is 11.4. The van der Waals surface area contributed by atoms with E-state index in [9.17, 15) is 4.79 Å². The number of nitrogens with zero attached hydrogens (tertiary/aromatic N) is 1. The summed E-state index contributed by atoms with van der Waals surface area (Å²) in [7, 11) is 0. The van der Waals surface area contributed by atoms with E-state index in [0.717, 1.165) is 19.4 Å². The first-order valence-corrected chi connectivity index (χ1v) is 5.36. The lowest BCUT2D eigenvalue weighted by Gasteiger charge is -2.11. The van der Waals surface area contributed by atoms with Crippen LogP contribution in [0.2, 0.25) is 0 Å². The Labute approximate surface area is 94.0 Å². The Balaban J connectivity index is 1.90.